The fourth-order valence-electron chi connectivity index (χ4n) is 3.47. The summed E-state index contributed by atoms with van der Waals surface area (Å²) < 4.78 is 7.60. The first-order valence-electron chi connectivity index (χ1n) is 9.41. The van der Waals surface area contributed by atoms with Crippen molar-refractivity contribution < 1.29 is 9.53 Å². The molecular weight excluding hydrogens is 328 g/mol. The zero-order valence-corrected chi connectivity index (χ0v) is 15.6. The van der Waals surface area contributed by atoms with Crippen LogP contribution in [0.25, 0.3) is 0 Å². The molecule has 1 aromatic heterocycles. The Morgan fingerprint density at radius 1 is 1.31 bits per heavy atom. The van der Waals surface area contributed by atoms with Crippen molar-refractivity contribution in [3.05, 3.63) is 47.8 Å². The van der Waals surface area contributed by atoms with Crippen LogP contribution in [-0.4, -0.2) is 33.5 Å². The smallest absolute Gasteiger partial charge is 0.223 e. The molecule has 3 rings (SSSR count). The molecule has 1 aliphatic rings. The number of nitrogens with one attached hydrogen (secondary N) is 1. The molecule has 140 valence electrons. The van der Waals surface area contributed by atoms with Crippen LogP contribution < -0.4 is 5.32 Å². The molecule has 1 amide bonds. The van der Waals surface area contributed by atoms with Crippen molar-refractivity contribution in [2.75, 3.05) is 6.61 Å². The van der Waals surface area contributed by atoms with E-state index in [1.54, 1.807) is 10.9 Å². The summed E-state index contributed by atoms with van der Waals surface area (Å²) in [5.74, 6) is 0.529. The highest BCUT2D eigenvalue weighted by atomic mass is 16.5. The Labute approximate surface area is 154 Å². The molecule has 1 aromatic carbocycles. The maximum Gasteiger partial charge on any atom is 0.223 e. The molecule has 0 bridgehead atoms. The Morgan fingerprint density at radius 2 is 2.12 bits per heavy atom. The van der Waals surface area contributed by atoms with Crippen LogP contribution in [0.3, 0.4) is 0 Å². The molecular formula is C20H28N4O2. The third-order valence-corrected chi connectivity index (χ3v) is 4.78. The average molecular weight is 356 g/mol. The molecule has 0 saturated heterocycles. The van der Waals surface area contributed by atoms with E-state index >= 15 is 0 Å². The number of aryl methyl sites for hydroxylation is 1. The van der Waals surface area contributed by atoms with E-state index in [0.717, 1.165) is 31.4 Å². The second kappa shape index (κ2) is 8.94. The summed E-state index contributed by atoms with van der Waals surface area (Å²) >= 11 is 0. The maximum atomic E-state index is 13.0. The highest BCUT2D eigenvalue weighted by Gasteiger charge is 2.24. The Morgan fingerprint density at radius 3 is 2.88 bits per heavy atom. The zero-order chi connectivity index (χ0) is 18.4. The largest absolute Gasteiger partial charge is 0.357 e. The molecule has 2 aromatic rings. The van der Waals surface area contributed by atoms with Gasteiger partial charge in [-0.3, -0.25) is 4.79 Å². The molecule has 0 unspecified atom stereocenters. The molecule has 6 nitrogen and oxygen atoms in total. The van der Waals surface area contributed by atoms with E-state index < -0.39 is 0 Å². The van der Waals surface area contributed by atoms with Crippen molar-refractivity contribution in [2.24, 2.45) is 11.8 Å². The van der Waals surface area contributed by atoms with E-state index in [-0.39, 0.29) is 17.9 Å². The summed E-state index contributed by atoms with van der Waals surface area (Å²) in [7, 11) is 0. The number of benzene rings is 1. The minimum atomic E-state index is -0.0755. The Hall–Kier alpha value is -2.21. The normalized spacial score (nSPS) is 21.7. The lowest BCUT2D eigenvalue weighted by atomic mass is 9.92. The van der Waals surface area contributed by atoms with Gasteiger partial charge in [0.25, 0.3) is 0 Å². The van der Waals surface area contributed by atoms with E-state index in [1.807, 2.05) is 18.2 Å². The molecule has 1 aliphatic heterocycles. The van der Waals surface area contributed by atoms with Crippen LogP contribution in [0, 0.1) is 11.8 Å². The summed E-state index contributed by atoms with van der Waals surface area (Å²) in [6, 6.07) is 10.2. The highest BCUT2D eigenvalue weighted by Crippen LogP contribution is 2.18. The van der Waals surface area contributed by atoms with Crippen LogP contribution in [0.4, 0.5) is 0 Å². The first-order chi connectivity index (χ1) is 12.6. The number of hydrogen-bond acceptors (Lipinski definition) is 4. The summed E-state index contributed by atoms with van der Waals surface area (Å²) in [5, 5.41) is 11.3. The number of aromatic nitrogens is 3. The summed E-state index contributed by atoms with van der Waals surface area (Å²) in [6.45, 7) is 5.19. The second-order valence-corrected chi connectivity index (χ2v) is 7.49. The Kier molecular flexibility index (Phi) is 6.39. The third kappa shape index (κ3) is 5.14. The van der Waals surface area contributed by atoms with Gasteiger partial charge in [-0.05, 0) is 37.2 Å². The first-order valence-corrected chi connectivity index (χ1v) is 9.41. The van der Waals surface area contributed by atoms with Gasteiger partial charge in [-0.2, -0.15) is 0 Å². The number of nitrogens with zero attached hydrogens (tertiary/aromatic N) is 3. The molecule has 6 heteroatoms. The standard InChI is InChI=1S/C20H28N4O2/c1-15(2)10-18-13-26-14-24-19(12-21-23-24)9-8-17(20(25)22-18)11-16-6-4-3-5-7-16/h3-7,12,15,17-18H,8-11,13-14H2,1-2H3,(H,22,25)/t17-,18+/m1/s1. The van der Waals surface area contributed by atoms with Gasteiger partial charge >= 0.3 is 0 Å². The highest BCUT2D eigenvalue weighted by molar-refractivity contribution is 5.79. The lowest BCUT2D eigenvalue weighted by Gasteiger charge is -2.23. The minimum Gasteiger partial charge on any atom is -0.357 e. The van der Waals surface area contributed by atoms with Crippen LogP contribution in [-0.2, 0) is 29.1 Å². The van der Waals surface area contributed by atoms with Crippen molar-refractivity contribution in [2.45, 2.75) is 52.3 Å². The number of ether oxygens (including phenoxy) is 1. The van der Waals surface area contributed by atoms with E-state index in [1.165, 1.54) is 5.56 Å². The van der Waals surface area contributed by atoms with Gasteiger partial charge in [0.2, 0.25) is 5.91 Å². The van der Waals surface area contributed by atoms with Gasteiger partial charge in [-0.25, -0.2) is 4.68 Å². The predicted octanol–water partition coefficient (Wildman–Crippen LogP) is 2.59. The van der Waals surface area contributed by atoms with Crippen molar-refractivity contribution in [1.82, 2.24) is 20.3 Å². The lowest BCUT2D eigenvalue weighted by molar-refractivity contribution is -0.126. The Bertz CT molecular complexity index is 699. The molecule has 2 atom stereocenters. The maximum absolute atomic E-state index is 13.0. The molecule has 2 heterocycles. The van der Waals surface area contributed by atoms with Crippen molar-refractivity contribution >= 4 is 5.91 Å². The summed E-state index contributed by atoms with van der Waals surface area (Å²) in [5.41, 5.74) is 2.20. The summed E-state index contributed by atoms with van der Waals surface area (Å²) in [6.07, 6.45) is 4.93. The predicted molar refractivity (Wildman–Crippen MR) is 99.3 cm³/mol. The number of fused-ring (bicyclic) bond motifs is 1. The van der Waals surface area contributed by atoms with E-state index in [9.17, 15) is 4.79 Å². The number of hydrogen-bond donors (Lipinski definition) is 1. The van der Waals surface area contributed by atoms with Crippen LogP contribution >= 0.6 is 0 Å². The zero-order valence-electron chi connectivity index (χ0n) is 15.6. The first kappa shape index (κ1) is 18.6. The average Bonchev–Trinajstić information content (AvgIpc) is 3.05. The van der Waals surface area contributed by atoms with Gasteiger partial charge in [0.15, 0.2) is 0 Å². The van der Waals surface area contributed by atoms with Crippen molar-refractivity contribution in [3.63, 3.8) is 0 Å². The lowest BCUT2D eigenvalue weighted by Crippen LogP contribution is -2.42. The quantitative estimate of drug-likeness (QED) is 0.914. The van der Waals surface area contributed by atoms with Gasteiger partial charge in [-0.1, -0.05) is 49.4 Å². The molecule has 0 saturated carbocycles. The molecule has 0 aliphatic carbocycles. The van der Waals surface area contributed by atoms with E-state index in [4.69, 9.17) is 4.74 Å². The molecule has 0 fully saturated rings. The third-order valence-electron chi connectivity index (χ3n) is 4.78. The fourth-order valence-corrected chi connectivity index (χ4v) is 3.47. The van der Waals surface area contributed by atoms with Crippen LogP contribution in [0.1, 0.15) is 37.9 Å². The van der Waals surface area contributed by atoms with Crippen LogP contribution in [0.15, 0.2) is 36.5 Å². The molecule has 0 spiro atoms. The van der Waals surface area contributed by atoms with E-state index in [2.05, 4.69) is 41.6 Å². The number of rotatable bonds is 4. The van der Waals surface area contributed by atoms with Gasteiger partial charge in [0.05, 0.1) is 24.5 Å². The van der Waals surface area contributed by atoms with Crippen LogP contribution in [0.5, 0.6) is 0 Å². The van der Waals surface area contributed by atoms with Gasteiger partial charge in [0, 0.05) is 5.92 Å². The second-order valence-electron chi connectivity index (χ2n) is 7.49. The van der Waals surface area contributed by atoms with Gasteiger partial charge in [-0.15, -0.1) is 5.10 Å². The summed E-state index contributed by atoms with van der Waals surface area (Å²) in [4.78, 5) is 13.0. The number of carbonyl (C=O) groups excluding carboxylic acids is 1. The van der Waals surface area contributed by atoms with E-state index in [0.29, 0.717) is 19.3 Å². The number of amides is 1. The van der Waals surface area contributed by atoms with Gasteiger partial charge in [0.1, 0.15) is 6.73 Å². The van der Waals surface area contributed by atoms with Crippen molar-refractivity contribution in [3.8, 4) is 0 Å². The Balaban J connectivity index is 1.79. The molecule has 1 N–H and O–H groups in total. The minimum absolute atomic E-state index is 0.0193. The van der Waals surface area contributed by atoms with Crippen molar-refractivity contribution in [1.29, 1.82) is 0 Å². The monoisotopic (exact) mass is 356 g/mol. The van der Waals surface area contributed by atoms with Crippen LogP contribution in [0.2, 0.25) is 0 Å². The van der Waals surface area contributed by atoms with Gasteiger partial charge < -0.3 is 10.1 Å². The fraction of sp³-hybridized carbons (Fsp3) is 0.550. The topological polar surface area (TPSA) is 69.0 Å². The SMILES string of the molecule is CC(C)C[C@H]1COCn2nncc2CC[C@H](Cc2ccccc2)C(=O)N1. The molecule has 26 heavy (non-hydrogen) atoms. The number of carbonyl (C=O) groups is 1. The molecule has 0 radical (unpaired) electrons.